The highest BCUT2D eigenvalue weighted by atomic mass is 15.2. The zero-order chi connectivity index (χ0) is 11.9. The van der Waals surface area contributed by atoms with Crippen molar-refractivity contribution in [3.63, 3.8) is 0 Å². The number of nitrogens with zero attached hydrogens (tertiary/aromatic N) is 3. The van der Waals surface area contributed by atoms with Crippen LogP contribution in [-0.2, 0) is 0 Å². The second-order valence-corrected chi connectivity index (χ2v) is 5.21. The molecule has 2 aliphatic rings. The molecule has 2 atom stereocenters. The van der Waals surface area contributed by atoms with Gasteiger partial charge in [0.25, 0.3) is 0 Å². The molecular weight excluding hydrogens is 224 g/mol. The van der Waals surface area contributed by atoms with Gasteiger partial charge in [-0.05, 0) is 18.4 Å². The van der Waals surface area contributed by atoms with Gasteiger partial charge in [-0.1, -0.05) is 18.2 Å². The van der Waals surface area contributed by atoms with Crippen LogP contribution in [0.5, 0.6) is 0 Å². The third kappa shape index (κ3) is 1.42. The predicted molar refractivity (Wildman–Crippen MR) is 71.6 cm³/mol. The van der Waals surface area contributed by atoms with Crippen molar-refractivity contribution in [2.45, 2.75) is 12.5 Å². The average Bonchev–Trinajstić information content (AvgIpc) is 3.01. The molecule has 1 aromatic heterocycles. The van der Waals surface area contributed by atoms with E-state index in [4.69, 9.17) is 0 Å². The number of hydrogen-bond acceptors (Lipinski definition) is 4. The molecule has 0 unspecified atom stereocenters. The van der Waals surface area contributed by atoms with Crippen LogP contribution >= 0.6 is 0 Å². The fourth-order valence-corrected chi connectivity index (χ4v) is 3.37. The summed E-state index contributed by atoms with van der Waals surface area (Å²) in [5, 5.41) is 13.1. The van der Waals surface area contributed by atoms with E-state index >= 15 is 0 Å². The van der Waals surface area contributed by atoms with Gasteiger partial charge < -0.3 is 10.2 Å². The lowest BCUT2D eigenvalue weighted by Crippen LogP contribution is -2.34. The molecule has 0 saturated carbocycles. The van der Waals surface area contributed by atoms with Gasteiger partial charge in [0.15, 0.2) is 0 Å². The summed E-state index contributed by atoms with van der Waals surface area (Å²) in [5.41, 5.74) is 2.24. The van der Waals surface area contributed by atoms with Gasteiger partial charge >= 0.3 is 0 Å². The SMILES string of the molecule is c1ccc2c(N3CC[C@H]4CNC[C@H]43)cnnc2c1. The molecule has 18 heavy (non-hydrogen) atoms. The standard InChI is InChI=1S/C14H16N4/c1-2-4-12-11(3-1)14(9-16-17-12)18-6-5-10-7-15-8-13(10)18/h1-4,9-10,13,15H,5-8H2/t10-,13+/m0/s1. The van der Waals surface area contributed by atoms with Crippen molar-refractivity contribution in [2.75, 3.05) is 24.5 Å². The van der Waals surface area contributed by atoms with Crippen LogP contribution in [0.3, 0.4) is 0 Å². The predicted octanol–water partition coefficient (Wildman–Crippen LogP) is 1.43. The molecule has 0 aliphatic carbocycles. The monoisotopic (exact) mass is 240 g/mol. The second-order valence-electron chi connectivity index (χ2n) is 5.21. The first-order chi connectivity index (χ1) is 8.93. The summed E-state index contributed by atoms with van der Waals surface area (Å²) >= 11 is 0. The van der Waals surface area contributed by atoms with E-state index in [2.05, 4.69) is 32.5 Å². The van der Waals surface area contributed by atoms with Crippen molar-refractivity contribution in [1.82, 2.24) is 15.5 Å². The maximum atomic E-state index is 4.21. The normalized spacial score (nSPS) is 26.8. The molecule has 1 aromatic carbocycles. The molecule has 92 valence electrons. The van der Waals surface area contributed by atoms with Crippen LogP contribution in [-0.4, -0.2) is 35.9 Å². The van der Waals surface area contributed by atoms with Gasteiger partial charge in [0.2, 0.25) is 0 Å². The maximum absolute atomic E-state index is 4.21. The Labute approximate surface area is 106 Å². The molecular formula is C14H16N4. The van der Waals surface area contributed by atoms with E-state index in [9.17, 15) is 0 Å². The summed E-state index contributed by atoms with van der Waals surface area (Å²) in [5.74, 6) is 0.803. The van der Waals surface area contributed by atoms with Crippen LogP contribution in [0.4, 0.5) is 5.69 Å². The fourth-order valence-electron chi connectivity index (χ4n) is 3.37. The zero-order valence-corrected chi connectivity index (χ0v) is 10.2. The van der Waals surface area contributed by atoms with Crippen LogP contribution in [0.2, 0.25) is 0 Å². The van der Waals surface area contributed by atoms with Gasteiger partial charge in [-0.15, -0.1) is 0 Å². The molecule has 2 aliphatic heterocycles. The number of hydrogen-bond donors (Lipinski definition) is 1. The minimum atomic E-state index is 0.637. The summed E-state index contributed by atoms with van der Waals surface area (Å²) < 4.78 is 0. The number of benzene rings is 1. The first kappa shape index (κ1) is 10.3. The number of anilines is 1. The van der Waals surface area contributed by atoms with Gasteiger partial charge in [-0.2, -0.15) is 10.2 Å². The molecule has 0 radical (unpaired) electrons. The lowest BCUT2D eigenvalue weighted by atomic mass is 10.0. The maximum Gasteiger partial charge on any atom is 0.0950 e. The molecule has 0 bridgehead atoms. The first-order valence-corrected chi connectivity index (χ1v) is 6.61. The Bertz CT molecular complexity index is 578. The molecule has 4 heteroatoms. The molecule has 0 spiro atoms. The lowest BCUT2D eigenvalue weighted by Gasteiger charge is -2.26. The third-order valence-corrected chi connectivity index (χ3v) is 4.28. The summed E-state index contributed by atoms with van der Waals surface area (Å²) in [6, 6.07) is 8.91. The Hall–Kier alpha value is -1.68. The van der Waals surface area contributed by atoms with E-state index in [1.165, 1.54) is 17.5 Å². The quantitative estimate of drug-likeness (QED) is 0.818. The van der Waals surface area contributed by atoms with Crippen molar-refractivity contribution in [2.24, 2.45) is 5.92 Å². The Morgan fingerprint density at radius 2 is 2.17 bits per heavy atom. The largest absolute Gasteiger partial charge is 0.365 e. The summed E-state index contributed by atoms with van der Waals surface area (Å²) in [4.78, 5) is 2.52. The Balaban J connectivity index is 1.83. The Kier molecular flexibility index (Phi) is 2.23. The Morgan fingerprint density at radius 3 is 3.17 bits per heavy atom. The topological polar surface area (TPSA) is 41.0 Å². The van der Waals surface area contributed by atoms with Crippen molar-refractivity contribution >= 4 is 16.6 Å². The van der Waals surface area contributed by atoms with E-state index in [0.29, 0.717) is 6.04 Å². The smallest absolute Gasteiger partial charge is 0.0950 e. The Morgan fingerprint density at radius 1 is 1.22 bits per heavy atom. The van der Waals surface area contributed by atoms with Crippen molar-refractivity contribution in [3.05, 3.63) is 30.5 Å². The minimum Gasteiger partial charge on any atom is -0.365 e. The van der Waals surface area contributed by atoms with Crippen LogP contribution < -0.4 is 10.2 Å². The van der Waals surface area contributed by atoms with Gasteiger partial charge in [0.1, 0.15) is 0 Å². The van der Waals surface area contributed by atoms with Crippen LogP contribution in [0.25, 0.3) is 10.9 Å². The zero-order valence-electron chi connectivity index (χ0n) is 10.2. The first-order valence-electron chi connectivity index (χ1n) is 6.61. The van der Waals surface area contributed by atoms with Crippen LogP contribution in [0.1, 0.15) is 6.42 Å². The molecule has 1 N–H and O–H groups in total. The summed E-state index contributed by atoms with van der Waals surface area (Å²) in [6.07, 6.45) is 3.21. The molecule has 4 rings (SSSR count). The van der Waals surface area contributed by atoms with Crippen LogP contribution in [0.15, 0.2) is 30.5 Å². The van der Waals surface area contributed by atoms with E-state index < -0.39 is 0 Å². The highest BCUT2D eigenvalue weighted by Crippen LogP contribution is 2.34. The van der Waals surface area contributed by atoms with E-state index in [1.807, 2.05) is 18.3 Å². The minimum absolute atomic E-state index is 0.637. The lowest BCUT2D eigenvalue weighted by molar-refractivity contribution is 0.579. The molecule has 2 aromatic rings. The number of nitrogens with one attached hydrogen (secondary N) is 1. The van der Waals surface area contributed by atoms with Crippen molar-refractivity contribution in [3.8, 4) is 0 Å². The molecule has 3 heterocycles. The van der Waals surface area contributed by atoms with Crippen LogP contribution in [0, 0.1) is 5.92 Å². The summed E-state index contributed by atoms with van der Waals surface area (Å²) in [6.45, 7) is 3.41. The van der Waals surface area contributed by atoms with Gasteiger partial charge in [0.05, 0.1) is 17.4 Å². The highest BCUT2D eigenvalue weighted by Gasteiger charge is 2.38. The summed E-state index contributed by atoms with van der Waals surface area (Å²) in [7, 11) is 0. The van der Waals surface area contributed by atoms with Gasteiger partial charge in [-0.25, -0.2) is 0 Å². The molecule has 2 fully saturated rings. The number of aromatic nitrogens is 2. The number of fused-ring (bicyclic) bond motifs is 2. The van der Waals surface area contributed by atoms with Gasteiger partial charge in [-0.3, -0.25) is 0 Å². The average molecular weight is 240 g/mol. The fraction of sp³-hybridized carbons (Fsp3) is 0.429. The van der Waals surface area contributed by atoms with Crippen molar-refractivity contribution in [1.29, 1.82) is 0 Å². The highest BCUT2D eigenvalue weighted by molar-refractivity contribution is 5.91. The molecule has 4 nitrogen and oxygen atoms in total. The third-order valence-electron chi connectivity index (χ3n) is 4.28. The molecule has 0 amide bonds. The van der Waals surface area contributed by atoms with Crippen molar-refractivity contribution < 1.29 is 0 Å². The van der Waals surface area contributed by atoms with E-state index in [-0.39, 0.29) is 0 Å². The van der Waals surface area contributed by atoms with E-state index in [1.54, 1.807) is 0 Å². The van der Waals surface area contributed by atoms with Gasteiger partial charge in [0, 0.05) is 31.1 Å². The molecule has 2 saturated heterocycles. The number of rotatable bonds is 1. The second kappa shape index (κ2) is 3.92. The van der Waals surface area contributed by atoms with E-state index in [0.717, 1.165) is 31.1 Å².